The molecule has 0 spiro atoms. The number of carboxylic acids is 1. The number of carboxylic acid groups (broad SMARTS) is 1. The highest BCUT2D eigenvalue weighted by Crippen LogP contribution is 2.34. The standard InChI is InChI=1S/C17H24N2O2/c1-5-15-18-13-10-9-12(16(20)21)11-14(13)19(15)17(6-2,7-3)8-4/h9-11H,5-8H2,1-4H3,(H,20,21). The first-order valence-electron chi connectivity index (χ1n) is 7.78. The topological polar surface area (TPSA) is 55.1 Å². The van der Waals surface area contributed by atoms with E-state index in [0.717, 1.165) is 42.5 Å². The van der Waals surface area contributed by atoms with E-state index in [9.17, 15) is 9.90 Å². The van der Waals surface area contributed by atoms with Crippen LogP contribution in [0.25, 0.3) is 11.0 Å². The fourth-order valence-corrected chi connectivity index (χ4v) is 3.25. The van der Waals surface area contributed by atoms with Gasteiger partial charge in [0, 0.05) is 12.0 Å². The van der Waals surface area contributed by atoms with Gasteiger partial charge in [-0.2, -0.15) is 0 Å². The van der Waals surface area contributed by atoms with Crippen LogP contribution in [0.2, 0.25) is 0 Å². The number of imidazole rings is 1. The molecule has 114 valence electrons. The summed E-state index contributed by atoms with van der Waals surface area (Å²) in [6.45, 7) is 8.68. The van der Waals surface area contributed by atoms with Crippen LogP contribution in [0.5, 0.6) is 0 Å². The molecule has 1 N–H and O–H groups in total. The van der Waals surface area contributed by atoms with Crippen molar-refractivity contribution in [3.8, 4) is 0 Å². The largest absolute Gasteiger partial charge is 0.478 e. The quantitative estimate of drug-likeness (QED) is 0.865. The number of aryl methyl sites for hydroxylation is 1. The summed E-state index contributed by atoms with van der Waals surface area (Å²) in [6, 6.07) is 5.21. The summed E-state index contributed by atoms with van der Waals surface area (Å²) in [5.41, 5.74) is 2.16. The molecule has 0 atom stereocenters. The molecular weight excluding hydrogens is 264 g/mol. The van der Waals surface area contributed by atoms with Gasteiger partial charge in [-0.1, -0.05) is 27.7 Å². The van der Waals surface area contributed by atoms with E-state index in [4.69, 9.17) is 4.98 Å². The van der Waals surface area contributed by atoms with Crippen LogP contribution >= 0.6 is 0 Å². The maximum atomic E-state index is 11.3. The number of benzene rings is 1. The SMILES string of the molecule is CCc1nc2ccc(C(=O)O)cc2n1C(CC)(CC)CC. The van der Waals surface area contributed by atoms with Crippen molar-refractivity contribution < 1.29 is 9.90 Å². The van der Waals surface area contributed by atoms with E-state index in [1.54, 1.807) is 12.1 Å². The second-order valence-corrected chi connectivity index (χ2v) is 5.51. The zero-order valence-corrected chi connectivity index (χ0v) is 13.3. The van der Waals surface area contributed by atoms with Gasteiger partial charge in [0.05, 0.1) is 16.6 Å². The molecule has 0 amide bonds. The van der Waals surface area contributed by atoms with Gasteiger partial charge in [0.25, 0.3) is 0 Å². The molecule has 0 saturated heterocycles. The highest BCUT2D eigenvalue weighted by molar-refractivity contribution is 5.92. The summed E-state index contributed by atoms with van der Waals surface area (Å²) in [5.74, 6) is 0.149. The lowest BCUT2D eigenvalue weighted by molar-refractivity contribution is 0.0697. The van der Waals surface area contributed by atoms with Crippen LogP contribution in [0.1, 0.15) is 63.1 Å². The van der Waals surface area contributed by atoms with Crippen LogP contribution < -0.4 is 0 Å². The molecular formula is C17H24N2O2. The maximum absolute atomic E-state index is 11.3. The number of aromatic nitrogens is 2. The van der Waals surface area contributed by atoms with Crippen molar-refractivity contribution in [2.45, 2.75) is 58.9 Å². The lowest BCUT2D eigenvalue weighted by Gasteiger charge is -2.34. The van der Waals surface area contributed by atoms with E-state index in [0.29, 0.717) is 5.56 Å². The minimum Gasteiger partial charge on any atom is -0.478 e. The van der Waals surface area contributed by atoms with Gasteiger partial charge in [-0.3, -0.25) is 0 Å². The third-order valence-electron chi connectivity index (χ3n) is 4.74. The van der Waals surface area contributed by atoms with Crippen molar-refractivity contribution in [2.75, 3.05) is 0 Å². The van der Waals surface area contributed by atoms with E-state index in [2.05, 4.69) is 32.3 Å². The Balaban J connectivity index is 2.80. The number of hydrogen-bond acceptors (Lipinski definition) is 2. The predicted octanol–water partition coefficient (Wildman–Crippen LogP) is 4.22. The molecule has 0 bridgehead atoms. The van der Waals surface area contributed by atoms with Crippen molar-refractivity contribution in [2.24, 2.45) is 0 Å². The molecule has 0 aliphatic rings. The maximum Gasteiger partial charge on any atom is 0.335 e. The van der Waals surface area contributed by atoms with Crippen molar-refractivity contribution in [1.82, 2.24) is 9.55 Å². The molecule has 0 aliphatic carbocycles. The molecule has 0 aliphatic heterocycles. The molecule has 1 aromatic carbocycles. The summed E-state index contributed by atoms with van der Waals surface area (Å²) in [5, 5.41) is 9.24. The molecule has 0 saturated carbocycles. The summed E-state index contributed by atoms with van der Waals surface area (Å²) in [7, 11) is 0. The van der Waals surface area contributed by atoms with Gasteiger partial charge >= 0.3 is 5.97 Å². The Morgan fingerprint density at radius 2 is 1.81 bits per heavy atom. The van der Waals surface area contributed by atoms with Gasteiger partial charge in [-0.05, 0) is 37.5 Å². The van der Waals surface area contributed by atoms with E-state index >= 15 is 0 Å². The van der Waals surface area contributed by atoms with Gasteiger partial charge in [-0.15, -0.1) is 0 Å². The Morgan fingerprint density at radius 3 is 2.29 bits per heavy atom. The molecule has 2 rings (SSSR count). The molecule has 21 heavy (non-hydrogen) atoms. The Labute approximate surface area is 125 Å². The van der Waals surface area contributed by atoms with Gasteiger partial charge in [0.1, 0.15) is 5.82 Å². The van der Waals surface area contributed by atoms with E-state index in [1.165, 1.54) is 0 Å². The minimum absolute atomic E-state index is 0.0111. The van der Waals surface area contributed by atoms with Crippen LogP contribution in [0.4, 0.5) is 0 Å². The third kappa shape index (κ3) is 2.43. The number of carbonyl (C=O) groups is 1. The first-order valence-corrected chi connectivity index (χ1v) is 7.78. The summed E-state index contributed by atoms with van der Waals surface area (Å²) in [6.07, 6.45) is 3.88. The molecule has 4 heteroatoms. The molecule has 1 aromatic heterocycles. The summed E-state index contributed by atoms with van der Waals surface area (Å²) < 4.78 is 2.29. The number of aromatic carboxylic acids is 1. The first-order chi connectivity index (χ1) is 10.0. The second kappa shape index (κ2) is 5.88. The van der Waals surface area contributed by atoms with Crippen LogP contribution in [-0.4, -0.2) is 20.6 Å². The van der Waals surface area contributed by atoms with Crippen molar-refractivity contribution in [3.63, 3.8) is 0 Å². The van der Waals surface area contributed by atoms with Gasteiger partial charge in [-0.25, -0.2) is 9.78 Å². The molecule has 1 heterocycles. The lowest BCUT2D eigenvalue weighted by Crippen LogP contribution is -2.33. The fraction of sp³-hybridized carbons (Fsp3) is 0.529. The summed E-state index contributed by atoms with van der Waals surface area (Å²) in [4.78, 5) is 16.0. The van der Waals surface area contributed by atoms with E-state index in [1.807, 2.05) is 6.07 Å². The number of fused-ring (bicyclic) bond motifs is 1. The lowest BCUT2D eigenvalue weighted by atomic mass is 9.88. The second-order valence-electron chi connectivity index (χ2n) is 5.51. The Kier molecular flexibility index (Phi) is 4.35. The summed E-state index contributed by atoms with van der Waals surface area (Å²) >= 11 is 0. The van der Waals surface area contributed by atoms with Crippen molar-refractivity contribution >= 4 is 17.0 Å². The zero-order chi connectivity index (χ0) is 15.6. The Morgan fingerprint density at radius 1 is 1.19 bits per heavy atom. The first kappa shape index (κ1) is 15.5. The average Bonchev–Trinajstić information content (AvgIpc) is 2.88. The molecule has 0 fully saturated rings. The smallest absolute Gasteiger partial charge is 0.335 e. The van der Waals surface area contributed by atoms with Crippen molar-refractivity contribution in [3.05, 3.63) is 29.6 Å². The monoisotopic (exact) mass is 288 g/mol. The highest BCUT2D eigenvalue weighted by atomic mass is 16.4. The highest BCUT2D eigenvalue weighted by Gasteiger charge is 2.30. The third-order valence-corrected chi connectivity index (χ3v) is 4.74. The fourth-order valence-electron chi connectivity index (χ4n) is 3.25. The van der Waals surface area contributed by atoms with Crippen LogP contribution in [-0.2, 0) is 12.0 Å². The Bertz CT molecular complexity index is 646. The van der Waals surface area contributed by atoms with Gasteiger partial charge in [0.15, 0.2) is 0 Å². The molecule has 2 aromatic rings. The van der Waals surface area contributed by atoms with E-state index in [-0.39, 0.29) is 5.54 Å². The van der Waals surface area contributed by atoms with Crippen LogP contribution in [0.15, 0.2) is 18.2 Å². The van der Waals surface area contributed by atoms with Crippen LogP contribution in [0, 0.1) is 0 Å². The average molecular weight is 288 g/mol. The molecule has 0 radical (unpaired) electrons. The molecule has 0 unspecified atom stereocenters. The predicted molar refractivity (Wildman–Crippen MR) is 84.9 cm³/mol. The normalized spacial score (nSPS) is 12.0. The van der Waals surface area contributed by atoms with Crippen molar-refractivity contribution in [1.29, 1.82) is 0 Å². The number of hydrogen-bond donors (Lipinski definition) is 1. The van der Waals surface area contributed by atoms with Gasteiger partial charge in [0.2, 0.25) is 0 Å². The molecule has 4 nitrogen and oxygen atoms in total. The Hall–Kier alpha value is -1.84. The zero-order valence-electron chi connectivity index (χ0n) is 13.3. The van der Waals surface area contributed by atoms with Gasteiger partial charge < -0.3 is 9.67 Å². The van der Waals surface area contributed by atoms with Crippen LogP contribution in [0.3, 0.4) is 0 Å². The number of nitrogens with zero attached hydrogens (tertiary/aromatic N) is 2. The van der Waals surface area contributed by atoms with E-state index < -0.39 is 5.97 Å². The number of rotatable bonds is 6. The minimum atomic E-state index is -0.891.